The molecule has 0 aliphatic carbocycles. The van der Waals surface area contributed by atoms with Crippen LogP contribution in [0, 0.1) is 5.82 Å². The molecule has 14 heavy (non-hydrogen) atoms. The van der Waals surface area contributed by atoms with Gasteiger partial charge in [0.1, 0.15) is 5.82 Å². The second kappa shape index (κ2) is 4.60. The van der Waals surface area contributed by atoms with E-state index in [1.165, 1.54) is 6.07 Å². The Morgan fingerprint density at radius 1 is 1.50 bits per heavy atom. The van der Waals surface area contributed by atoms with Crippen molar-refractivity contribution in [1.82, 2.24) is 0 Å². The van der Waals surface area contributed by atoms with Gasteiger partial charge in [-0.3, -0.25) is 0 Å². The Kier molecular flexibility index (Phi) is 3.45. The topological polar surface area (TPSA) is 52.3 Å². The van der Waals surface area contributed by atoms with Gasteiger partial charge in [-0.05, 0) is 24.6 Å². The summed E-state index contributed by atoms with van der Waals surface area (Å²) in [5.41, 5.74) is 5.74. The number of esters is 1. The van der Waals surface area contributed by atoms with Crippen molar-refractivity contribution in [3.05, 3.63) is 29.6 Å². The number of rotatable bonds is 3. The van der Waals surface area contributed by atoms with Gasteiger partial charge in [0.2, 0.25) is 0 Å². The van der Waals surface area contributed by atoms with Gasteiger partial charge < -0.3 is 10.5 Å². The van der Waals surface area contributed by atoms with Crippen molar-refractivity contribution in [2.75, 3.05) is 12.3 Å². The lowest BCUT2D eigenvalue weighted by molar-refractivity contribution is 0.0504. The minimum atomic E-state index is -0.543. The van der Waals surface area contributed by atoms with Crippen LogP contribution in [0.25, 0.3) is 0 Å². The van der Waals surface area contributed by atoms with Crippen LogP contribution in [-0.4, -0.2) is 12.6 Å². The lowest BCUT2D eigenvalue weighted by Gasteiger charge is -2.03. The van der Waals surface area contributed by atoms with Crippen LogP contribution in [0.2, 0.25) is 0 Å². The summed E-state index contributed by atoms with van der Waals surface area (Å²) >= 11 is 0. The van der Waals surface area contributed by atoms with Crippen molar-refractivity contribution < 1.29 is 13.9 Å². The Hall–Kier alpha value is -1.58. The standard InChI is InChI=1S/C10H12FNO2/c1-2-3-14-10(13)7-4-8(11)6-9(12)5-7/h4-6H,2-3,12H2,1H3. The predicted molar refractivity (Wildman–Crippen MR) is 51.4 cm³/mol. The van der Waals surface area contributed by atoms with Crippen LogP contribution >= 0.6 is 0 Å². The van der Waals surface area contributed by atoms with E-state index in [1.807, 2.05) is 6.92 Å². The van der Waals surface area contributed by atoms with Crippen LogP contribution < -0.4 is 5.73 Å². The van der Waals surface area contributed by atoms with Gasteiger partial charge in [-0.25, -0.2) is 9.18 Å². The van der Waals surface area contributed by atoms with Gasteiger partial charge >= 0.3 is 5.97 Å². The maximum absolute atomic E-state index is 12.8. The third-order valence-electron chi connectivity index (χ3n) is 1.59. The molecule has 0 saturated heterocycles. The third-order valence-corrected chi connectivity index (χ3v) is 1.59. The van der Waals surface area contributed by atoms with Crippen molar-refractivity contribution in [2.24, 2.45) is 0 Å². The number of nitrogens with two attached hydrogens (primary N) is 1. The summed E-state index contributed by atoms with van der Waals surface area (Å²) in [4.78, 5) is 11.3. The van der Waals surface area contributed by atoms with E-state index >= 15 is 0 Å². The van der Waals surface area contributed by atoms with Crippen LogP contribution in [0.5, 0.6) is 0 Å². The van der Waals surface area contributed by atoms with E-state index in [4.69, 9.17) is 10.5 Å². The van der Waals surface area contributed by atoms with Crippen molar-refractivity contribution in [1.29, 1.82) is 0 Å². The molecular weight excluding hydrogens is 185 g/mol. The van der Waals surface area contributed by atoms with Crippen LogP contribution in [0.1, 0.15) is 23.7 Å². The average Bonchev–Trinajstić information content (AvgIpc) is 2.12. The fourth-order valence-electron chi connectivity index (χ4n) is 1.01. The van der Waals surface area contributed by atoms with Gasteiger partial charge in [-0.1, -0.05) is 6.92 Å². The fraction of sp³-hybridized carbons (Fsp3) is 0.300. The van der Waals surface area contributed by atoms with E-state index in [1.54, 1.807) is 0 Å². The number of hydrogen-bond acceptors (Lipinski definition) is 3. The zero-order valence-electron chi connectivity index (χ0n) is 7.92. The second-order valence-electron chi connectivity index (χ2n) is 2.91. The molecule has 2 N–H and O–H groups in total. The fourth-order valence-corrected chi connectivity index (χ4v) is 1.01. The monoisotopic (exact) mass is 197 g/mol. The molecule has 0 spiro atoms. The van der Waals surface area contributed by atoms with Crippen molar-refractivity contribution in [3.63, 3.8) is 0 Å². The summed E-state index contributed by atoms with van der Waals surface area (Å²) in [6, 6.07) is 3.64. The normalized spacial score (nSPS) is 9.86. The van der Waals surface area contributed by atoms with Crippen LogP contribution in [-0.2, 0) is 4.74 Å². The summed E-state index contributed by atoms with van der Waals surface area (Å²) in [6.07, 6.45) is 0.733. The third kappa shape index (κ3) is 2.73. The van der Waals surface area contributed by atoms with E-state index in [0.717, 1.165) is 18.6 Å². The molecule has 0 aliphatic rings. The number of anilines is 1. The summed E-state index contributed by atoms with van der Waals surface area (Å²) in [7, 11) is 0. The van der Waals surface area contributed by atoms with Crippen molar-refractivity contribution in [2.45, 2.75) is 13.3 Å². The smallest absolute Gasteiger partial charge is 0.338 e. The first kappa shape index (κ1) is 10.5. The Morgan fingerprint density at radius 2 is 2.21 bits per heavy atom. The van der Waals surface area contributed by atoms with Crippen LogP contribution in [0.4, 0.5) is 10.1 Å². The van der Waals surface area contributed by atoms with Gasteiger partial charge in [0.25, 0.3) is 0 Å². The lowest BCUT2D eigenvalue weighted by Crippen LogP contribution is -2.06. The lowest BCUT2D eigenvalue weighted by atomic mass is 10.2. The quantitative estimate of drug-likeness (QED) is 0.595. The van der Waals surface area contributed by atoms with Gasteiger partial charge in [-0.15, -0.1) is 0 Å². The summed E-state index contributed by atoms with van der Waals surface area (Å²) in [5.74, 6) is -1.08. The average molecular weight is 197 g/mol. The summed E-state index contributed by atoms with van der Waals surface area (Å²) in [5, 5.41) is 0. The molecule has 0 bridgehead atoms. The summed E-state index contributed by atoms with van der Waals surface area (Å²) in [6.45, 7) is 2.21. The molecule has 0 fully saturated rings. The van der Waals surface area contributed by atoms with Gasteiger partial charge in [0, 0.05) is 5.69 Å². The number of halogens is 1. The van der Waals surface area contributed by atoms with Crippen LogP contribution in [0.15, 0.2) is 18.2 Å². The number of carbonyl (C=O) groups excluding carboxylic acids is 1. The van der Waals surface area contributed by atoms with Crippen LogP contribution in [0.3, 0.4) is 0 Å². The van der Waals surface area contributed by atoms with E-state index in [9.17, 15) is 9.18 Å². The maximum atomic E-state index is 12.8. The van der Waals surface area contributed by atoms with E-state index in [0.29, 0.717) is 6.61 Å². The Bertz CT molecular complexity index is 319. The molecule has 0 radical (unpaired) electrons. The van der Waals surface area contributed by atoms with Gasteiger partial charge in [-0.2, -0.15) is 0 Å². The zero-order chi connectivity index (χ0) is 10.6. The number of hydrogen-bond donors (Lipinski definition) is 1. The molecule has 76 valence electrons. The minimum absolute atomic E-state index is 0.149. The first-order valence-corrected chi connectivity index (χ1v) is 4.36. The van der Waals surface area contributed by atoms with Gasteiger partial charge in [0.15, 0.2) is 0 Å². The number of benzene rings is 1. The molecule has 0 unspecified atom stereocenters. The number of ether oxygens (including phenoxy) is 1. The molecule has 1 aromatic carbocycles. The highest BCUT2D eigenvalue weighted by molar-refractivity contribution is 5.90. The van der Waals surface area contributed by atoms with E-state index < -0.39 is 11.8 Å². The van der Waals surface area contributed by atoms with Crippen molar-refractivity contribution in [3.8, 4) is 0 Å². The van der Waals surface area contributed by atoms with E-state index in [2.05, 4.69) is 0 Å². The number of carbonyl (C=O) groups is 1. The molecule has 1 rings (SSSR count). The number of nitrogen functional groups attached to an aromatic ring is 1. The largest absolute Gasteiger partial charge is 0.462 e. The SMILES string of the molecule is CCCOC(=O)c1cc(N)cc(F)c1. The molecule has 1 aromatic rings. The highest BCUT2D eigenvalue weighted by Gasteiger charge is 2.08. The molecule has 0 amide bonds. The first-order chi connectivity index (χ1) is 6.63. The minimum Gasteiger partial charge on any atom is -0.462 e. The Balaban J connectivity index is 2.79. The zero-order valence-corrected chi connectivity index (χ0v) is 7.92. The Labute approximate surface area is 81.7 Å². The molecule has 0 heterocycles. The van der Waals surface area contributed by atoms with E-state index in [-0.39, 0.29) is 11.3 Å². The molecule has 0 atom stereocenters. The molecule has 0 saturated carbocycles. The highest BCUT2D eigenvalue weighted by atomic mass is 19.1. The summed E-state index contributed by atoms with van der Waals surface area (Å²) < 4.78 is 17.6. The second-order valence-corrected chi connectivity index (χ2v) is 2.91. The Morgan fingerprint density at radius 3 is 2.79 bits per heavy atom. The van der Waals surface area contributed by atoms with Gasteiger partial charge in [0.05, 0.1) is 12.2 Å². The highest BCUT2D eigenvalue weighted by Crippen LogP contribution is 2.11. The molecule has 0 aromatic heterocycles. The van der Waals surface area contributed by atoms with Crippen molar-refractivity contribution >= 4 is 11.7 Å². The maximum Gasteiger partial charge on any atom is 0.338 e. The molecular formula is C10H12FNO2. The molecule has 0 aliphatic heterocycles. The molecule has 3 nitrogen and oxygen atoms in total. The first-order valence-electron chi connectivity index (χ1n) is 4.36. The predicted octanol–water partition coefficient (Wildman–Crippen LogP) is 1.97. The molecule has 4 heteroatoms.